The topological polar surface area (TPSA) is 19.6 Å². The number of nitrogens with zero attached hydrogens (tertiary/aromatic N) is 3. The van der Waals surface area contributed by atoms with E-state index in [1.165, 1.54) is 101 Å². The second-order valence-electron chi connectivity index (χ2n) is 21.1. The van der Waals surface area contributed by atoms with Gasteiger partial charge in [0.1, 0.15) is 17.5 Å². The van der Waals surface area contributed by atoms with Crippen molar-refractivity contribution in [2.45, 2.75) is 104 Å². The van der Waals surface area contributed by atoms with E-state index in [-0.39, 0.29) is 22.4 Å². The fraction of sp³-hybridized carbons (Fsp3) is 0.281. The number of pyridine rings is 1. The van der Waals surface area contributed by atoms with Gasteiger partial charge in [0.15, 0.2) is 6.20 Å². The number of para-hydroxylation sites is 1. The van der Waals surface area contributed by atoms with Gasteiger partial charge < -0.3 is 9.64 Å². The van der Waals surface area contributed by atoms with E-state index in [1.807, 2.05) is 0 Å². The third kappa shape index (κ3) is 5.33. The van der Waals surface area contributed by atoms with Crippen molar-refractivity contribution in [1.29, 1.82) is 0 Å². The van der Waals surface area contributed by atoms with Crippen molar-refractivity contribution in [2.24, 2.45) is 0 Å². The van der Waals surface area contributed by atoms with Crippen molar-refractivity contribution in [3.05, 3.63) is 173 Å². The predicted octanol–water partition coefficient (Wildman–Crippen LogP) is 14.2. The molecular formula is C57H56N3O+. The van der Waals surface area contributed by atoms with Crippen LogP contribution in [0.1, 0.15) is 107 Å². The molecule has 6 aromatic carbocycles. The highest BCUT2D eigenvalue weighted by molar-refractivity contribution is 6.03. The Labute approximate surface area is 362 Å². The molecule has 4 heteroatoms. The Balaban J connectivity index is 1.30. The Morgan fingerprint density at radius 1 is 0.541 bits per heavy atom. The molecule has 11 rings (SSSR count). The summed E-state index contributed by atoms with van der Waals surface area (Å²) >= 11 is 0. The number of hydrogen-bond acceptors (Lipinski definition) is 3. The molecule has 0 amide bonds. The molecule has 5 heterocycles. The van der Waals surface area contributed by atoms with E-state index in [0.717, 1.165) is 5.75 Å². The molecular weight excluding hydrogens is 743 g/mol. The second-order valence-corrected chi connectivity index (χ2v) is 21.1. The lowest BCUT2D eigenvalue weighted by molar-refractivity contribution is -0.774. The normalized spacial score (nSPS) is 18.0. The van der Waals surface area contributed by atoms with Crippen LogP contribution in [0.2, 0.25) is 0 Å². The summed E-state index contributed by atoms with van der Waals surface area (Å²) in [7, 11) is 0. The fourth-order valence-corrected chi connectivity index (χ4v) is 10.5. The Kier molecular flexibility index (Phi) is 7.74. The molecule has 2 unspecified atom stereocenters. The van der Waals surface area contributed by atoms with Crippen LogP contribution in [0, 0.1) is 13.8 Å². The minimum Gasteiger partial charge on any atom is -0.410 e. The Hall–Kier alpha value is -6.13. The highest BCUT2D eigenvalue weighted by Crippen LogP contribution is 2.68. The molecule has 0 fully saturated rings. The minimum absolute atomic E-state index is 0.0837. The van der Waals surface area contributed by atoms with Gasteiger partial charge in [-0.05, 0) is 94.3 Å². The maximum Gasteiger partial charge on any atom is 0.432 e. The first-order valence-electron chi connectivity index (χ1n) is 22.0. The average Bonchev–Trinajstić information content (AvgIpc) is 3.71. The number of hydrogen-bond donors (Lipinski definition) is 0. The summed E-state index contributed by atoms with van der Waals surface area (Å²) in [5.74, 6) is -0.0327. The molecule has 0 radical (unpaired) electrons. The Morgan fingerprint density at radius 2 is 1.23 bits per heavy atom. The first-order valence-corrected chi connectivity index (χ1v) is 22.0. The molecule has 0 bridgehead atoms. The number of anilines is 3. The van der Waals surface area contributed by atoms with E-state index in [1.54, 1.807) is 0 Å². The SMILES string of the molecule is Cc1ccc(-c2cc[n+]3c(c2)-c2cc(C(C)(C)C)cc4c2C32Oc3c(cc(C(C)(C)C)cc3C(C)(C)C)C3N(c5ccc(C)cc5-c5ccccc5)c5cccc-4c5N32)cc1. The van der Waals surface area contributed by atoms with Crippen LogP contribution >= 0.6 is 0 Å². The third-order valence-corrected chi connectivity index (χ3v) is 13.7. The van der Waals surface area contributed by atoms with Gasteiger partial charge in [0, 0.05) is 39.9 Å². The van der Waals surface area contributed by atoms with Crippen LogP contribution in [0.15, 0.2) is 134 Å². The summed E-state index contributed by atoms with van der Waals surface area (Å²) in [6.07, 6.45) is 2.08. The van der Waals surface area contributed by atoms with E-state index < -0.39 is 5.85 Å². The fourth-order valence-electron chi connectivity index (χ4n) is 10.5. The van der Waals surface area contributed by atoms with Crippen molar-refractivity contribution < 1.29 is 9.30 Å². The van der Waals surface area contributed by atoms with Gasteiger partial charge in [0.05, 0.1) is 22.6 Å². The summed E-state index contributed by atoms with van der Waals surface area (Å²) < 4.78 is 10.6. The molecule has 0 saturated heterocycles. The van der Waals surface area contributed by atoms with E-state index in [0.29, 0.717) is 0 Å². The van der Waals surface area contributed by atoms with Gasteiger partial charge in [-0.25, -0.2) is 4.90 Å². The molecule has 4 nitrogen and oxygen atoms in total. The first kappa shape index (κ1) is 37.8. The molecule has 2 atom stereocenters. The highest BCUT2D eigenvalue weighted by Gasteiger charge is 2.70. The number of ether oxygens (including phenoxy) is 1. The van der Waals surface area contributed by atoms with Crippen molar-refractivity contribution >= 4 is 17.1 Å². The number of fused-ring (bicyclic) bond motifs is 5. The van der Waals surface area contributed by atoms with Gasteiger partial charge in [-0.1, -0.05) is 152 Å². The third-order valence-electron chi connectivity index (χ3n) is 13.7. The van der Waals surface area contributed by atoms with Gasteiger partial charge in [0.25, 0.3) is 0 Å². The maximum atomic E-state index is 8.13. The van der Waals surface area contributed by atoms with Crippen molar-refractivity contribution in [2.75, 3.05) is 9.80 Å². The van der Waals surface area contributed by atoms with Crippen LogP contribution in [0.5, 0.6) is 5.75 Å². The van der Waals surface area contributed by atoms with Gasteiger partial charge in [-0.3, -0.25) is 0 Å². The molecule has 0 N–H and O–H groups in total. The van der Waals surface area contributed by atoms with Gasteiger partial charge in [-0.15, -0.1) is 4.57 Å². The summed E-state index contributed by atoms with van der Waals surface area (Å²) in [6, 6.07) is 48.4. The summed E-state index contributed by atoms with van der Waals surface area (Å²) in [6.45, 7) is 25.4. The Bertz CT molecular complexity index is 2980. The van der Waals surface area contributed by atoms with Crippen LogP contribution in [-0.2, 0) is 22.1 Å². The number of benzene rings is 6. The summed E-state index contributed by atoms with van der Waals surface area (Å²) in [4.78, 5) is 5.32. The molecule has 0 aliphatic carbocycles. The standard InChI is InChI=1S/C57H56N3O/c1-34-20-23-36(24-21-34)38-26-27-58-49(29-38)44-31-39(54(3,4)5)30-43-41-18-15-19-48-51(41)60-53(59(48)47-25-22-35(2)28-42(47)37-16-13-12-14-17-37)45-32-40(55(6,7)8)33-46(56(9,10)11)52(45)61-57(58,60)50(43)44/h12-33,53H,1-11H3/q+1. The van der Waals surface area contributed by atoms with E-state index in [2.05, 4.69) is 224 Å². The molecule has 0 saturated carbocycles. The second kappa shape index (κ2) is 12.5. The lowest BCUT2D eigenvalue weighted by atomic mass is 9.77. The molecule has 304 valence electrons. The monoisotopic (exact) mass is 798 g/mol. The van der Waals surface area contributed by atoms with E-state index in [4.69, 9.17) is 4.74 Å². The lowest BCUT2D eigenvalue weighted by Gasteiger charge is -2.49. The maximum absolute atomic E-state index is 8.13. The molecule has 4 aliphatic rings. The molecule has 1 spiro atoms. The number of rotatable bonds is 3. The summed E-state index contributed by atoms with van der Waals surface area (Å²) in [5.41, 5.74) is 21.7. The number of aryl methyl sites for hydroxylation is 2. The lowest BCUT2D eigenvalue weighted by Crippen LogP contribution is -2.71. The van der Waals surface area contributed by atoms with Crippen molar-refractivity contribution in [3.8, 4) is 50.4 Å². The highest BCUT2D eigenvalue weighted by atomic mass is 16.5. The van der Waals surface area contributed by atoms with E-state index in [9.17, 15) is 0 Å². The molecule has 61 heavy (non-hydrogen) atoms. The molecule has 7 aromatic rings. The Morgan fingerprint density at radius 3 is 1.93 bits per heavy atom. The molecule has 4 aliphatic heterocycles. The zero-order chi connectivity index (χ0) is 42.5. The smallest absolute Gasteiger partial charge is 0.410 e. The first-order chi connectivity index (χ1) is 28.9. The number of aromatic nitrogens is 1. The minimum atomic E-state index is -1.02. The zero-order valence-corrected chi connectivity index (χ0v) is 37.5. The van der Waals surface area contributed by atoms with E-state index >= 15 is 0 Å². The van der Waals surface area contributed by atoms with Gasteiger partial charge >= 0.3 is 5.85 Å². The zero-order valence-electron chi connectivity index (χ0n) is 37.5. The van der Waals surface area contributed by atoms with Crippen LogP contribution < -0.4 is 19.1 Å². The summed E-state index contributed by atoms with van der Waals surface area (Å²) in [5, 5.41) is 0. The van der Waals surface area contributed by atoms with Crippen LogP contribution in [0.25, 0.3) is 44.6 Å². The van der Waals surface area contributed by atoms with Gasteiger partial charge in [-0.2, -0.15) is 0 Å². The van der Waals surface area contributed by atoms with Crippen LogP contribution in [-0.4, -0.2) is 0 Å². The van der Waals surface area contributed by atoms with Crippen molar-refractivity contribution in [3.63, 3.8) is 0 Å². The van der Waals surface area contributed by atoms with Crippen LogP contribution in [0.3, 0.4) is 0 Å². The molecule has 1 aromatic heterocycles. The van der Waals surface area contributed by atoms with Crippen molar-refractivity contribution in [1.82, 2.24) is 0 Å². The van der Waals surface area contributed by atoms with Crippen LogP contribution in [0.4, 0.5) is 17.1 Å². The predicted molar refractivity (Wildman–Crippen MR) is 252 cm³/mol. The average molecular weight is 799 g/mol. The van der Waals surface area contributed by atoms with Gasteiger partial charge in [0.2, 0.25) is 5.69 Å². The quantitative estimate of drug-likeness (QED) is 0.166. The largest absolute Gasteiger partial charge is 0.432 e.